The first kappa shape index (κ1) is 25.4. The molecule has 2 aliphatic carbocycles. The summed E-state index contributed by atoms with van der Waals surface area (Å²) in [6.45, 7) is 6.91. The summed E-state index contributed by atoms with van der Waals surface area (Å²) in [6.07, 6.45) is 5.59. The molecule has 3 heteroatoms. The minimum Gasteiger partial charge on any atom is -0.312 e. The molecule has 2 aliphatic rings. The fourth-order valence-electron chi connectivity index (χ4n) is 7.73. The van der Waals surface area contributed by atoms with Gasteiger partial charge in [-0.2, -0.15) is 5.26 Å². The lowest BCUT2D eigenvalue weighted by molar-refractivity contribution is 0.667. The Morgan fingerprint density at radius 3 is 2.68 bits per heavy atom. The van der Waals surface area contributed by atoms with Crippen molar-refractivity contribution in [3.05, 3.63) is 131 Å². The normalized spacial score (nSPS) is 16.1. The van der Waals surface area contributed by atoms with Gasteiger partial charge in [0, 0.05) is 53.4 Å². The summed E-state index contributed by atoms with van der Waals surface area (Å²) in [5, 5.41) is 13.8. The van der Waals surface area contributed by atoms with Gasteiger partial charge in [-0.3, -0.25) is 0 Å². The van der Waals surface area contributed by atoms with Gasteiger partial charge in [-0.25, -0.2) is 0 Å². The number of allylic oxidation sites excluding steroid dienone is 1. The quantitative estimate of drug-likeness (QED) is 0.200. The highest BCUT2D eigenvalue weighted by Gasteiger charge is 2.38. The van der Waals surface area contributed by atoms with Gasteiger partial charge in [0.25, 0.3) is 0 Å². The molecule has 0 saturated carbocycles. The summed E-state index contributed by atoms with van der Waals surface area (Å²) in [7, 11) is 0. The number of hydrogen-bond acceptors (Lipinski definition) is 2. The lowest BCUT2D eigenvalue weighted by Gasteiger charge is -2.20. The van der Waals surface area contributed by atoms with Crippen molar-refractivity contribution < 1.29 is 0 Å². The number of nitrogens with zero attached hydrogens (tertiary/aromatic N) is 2. The van der Waals surface area contributed by atoms with E-state index < -0.39 is 0 Å². The zero-order valence-electron chi connectivity index (χ0n) is 24.8. The first-order chi connectivity index (χ1) is 21.4. The van der Waals surface area contributed by atoms with Crippen LogP contribution in [0.25, 0.3) is 65.1 Å². The topological polar surface area (TPSA) is 28.7 Å². The van der Waals surface area contributed by atoms with Gasteiger partial charge in [0.2, 0.25) is 0 Å². The molecule has 2 aromatic heterocycles. The van der Waals surface area contributed by atoms with Gasteiger partial charge in [-0.15, -0.1) is 11.3 Å². The predicted octanol–water partition coefficient (Wildman–Crippen LogP) is 10.6. The summed E-state index contributed by atoms with van der Waals surface area (Å²) in [4.78, 5) is 0. The van der Waals surface area contributed by atoms with Crippen LogP contribution in [0, 0.1) is 29.4 Å². The molecule has 0 N–H and O–H groups in total. The average molecular weight is 581 g/mol. The lowest BCUT2D eigenvalue weighted by Crippen LogP contribution is -2.14. The van der Waals surface area contributed by atoms with Crippen LogP contribution in [-0.2, 0) is 11.8 Å². The molecule has 7 aromatic rings. The molecule has 0 spiro atoms. The highest BCUT2D eigenvalue weighted by molar-refractivity contribution is 7.26. The van der Waals surface area contributed by atoms with Crippen LogP contribution < -0.4 is 0 Å². The van der Waals surface area contributed by atoms with E-state index in [2.05, 4.69) is 128 Å². The largest absolute Gasteiger partial charge is 0.312 e. The summed E-state index contributed by atoms with van der Waals surface area (Å²) < 4.78 is 5.07. The second kappa shape index (κ2) is 8.96. The number of rotatable bonds is 2. The molecule has 0 amide bonds. The molecule has 0 aliphatic heterocycles. The summed E-state index contributed by atoms with van der Waals surface area (Å²) in [6, 6.07) is 39.5. The Kier molecular flexibility index (Phi) is 5.18. The molecule has 0 fully saturated rings. The van der Waals surface area contributed by atoms with Crippen molar-refractivity contribution in [1.29, 1.82) is 5.26 Å². The van der Waals surface area contributed by atoms with E-state index in [4.69, 9.17) is 0 Å². The van der Waals surface area contributed by atoms with Crippen LogP contribution in [0.2, 0.25) is 0 Å². The first-order valence-electron chi connectivity index (χ1n) is 15.2. The smallest absolute Gasteiger partial charge is 0.0991 e. The number of benzene rings is 4. The third-order valence-corrected chi connectivity index (χ3v) is 11.0. The van der Waals surface area contributed by atoms with Gasteiger partial charge in [0.05, 0.1) is 22.8 Å². The van der Waals surface area contributed by atoms with Gasteiger partial charge in [0.15, 0.2) is 0 Å². The predicted molar refractivity (Wildman–Crippen MR) is 183 cm³/mol. The zero-order valence-corrected chi connectivity index (χ0v) is 25.6. The van der Waals surface area contributed by atoms with Gasteiger partial charge >= 0.3 is 0 Å². The molecule has 0 saturated heterocycles. The molecule has 0 bridgehead atoms. The molecule has 0 radical (unpaired) electrons. The van der Waals surface area contributed by atoms with Crippen molar-refractivity contribution in [2.45, 2.75) is 32.6 Å². The van der Waals surface area contributed by atoms with Crippen molar-refractivity contribution in [3.8, 4) is 34.0 Å². The molecule has 44 heavy (non-hydrogen) atoms. The van der Waals surface area contributed by atoms with E-state index in [0.29, 0.717) is 11.5 Å². The fourth-order valence-corrected chi connectivity index (χ4v) is 9.12. The maximum Gasteiger partial charge on any atom is 0.0991 e. The van der Waals surface area contributed by atoms with Crippen LogP contribution in [-0.4, -0.2) is 4.57 Å². The van der Waals surface area contributed by atoms with E-state index in [9.17, 15) is 5.26 Å². The van der Waals surface area contributed by atoms with Crippen LogP contribution in [0.4, 0.5) is 0 Å². The number of para-hydroxylation sites is 1. The molecule has 208 valence electrons. The monoisotopic (exact) mass is 580 g/mol. The number of hydrogen-bond donors (Lipinski definition) is 0. The van der Waals surface area contributed by atoms with Gasteiger partial charge in [-0.1, -0.05) is 81.5 Å². The number of fused-ring (bicyclic) bond motifs is 10. The van der Waals surface area contributed by atoms with Crippen LogP contribution >= 0.6 is 11.3 Å². The van der Waals surface area contributed by atoms with E-state index >= 15 is 0 Å². The fraction of sp³-hybridized carbons (Fsp3) is 0.146. The summed E-state index contributed by atoms with van der Waals surface area (Å²) in [5.41, 5.74) is 12.9. The van der Waals surface area contributed by atoms with Crippen molar-refractivity contribution in [3.63, 3.8) is 0 Å². The Morgan fingerprint density at radius 1 is 0.909 bits per heavy atom. The molecule has 1 unspecified atom stereocenters. The number of thiophene rings is 1. The van der Waals surface area contributed by atoms with Gasteiger partial charge in [0.1, 0.15) is 0 Å². The molecule has 2 nitrogen and oxygen atoms in total. The molecule has 9 rings (SSSR count). The van der Waals surface area contributed by atoms with E-state index in [-0.39, 0.29) is 5.41 Å². The number of nitriles is 1. The second-order valence-corrected chi connectivity index (χ2v) is 13.8. The Labute approximate surface area is 261 Å². The third kappa shape index (κ3) is 3.37. The molecular weight excluding hydrogens is 553 g/mol. The highest BCUT2D eigenvalue weighted by Crippen LogP contribution is 2.53. The van der Waals surface area contributed by atoms with Gasteiger partial charge < -0.3 is 4.57 Å². The zero-order chi connectivity index (χ0) is 29.7. The van der Waals surface area contributed by atoms with Crippen LogP contribution in [0.1, 0.15) is 48.7 Å². The van der Waals surface area contributed by atoms with Crippen molar-refractivity contribution >= 4 is 48.5 Å². The highest BCUT2D eigenvalue weighted by atomic mass is 32.1. The van der Waals surface area contributed by atoms with Crippen LogP contribution in [0.5, 0.6) is 0 Å². The van der Waals surface area contributed by atoms with Crippen molar-refractivity contribution in [2.75, 3.05) is 0 Å². The maximum atomic E-state index is 9.95. The van der Waals surface area contributed by atoms with Gasteiger partial charge in [-0.05, 0) is 83.1 Å². The molecular formula is C41H28N2S. The lowest BCUT2D eigenvalue weighted by atomic mass is 9.82. The Balaban J connectivity index is 1.29. The van der Waals surface area contributed by atoms with Crippen molar-refractivity contribution in [1.82, 2.24) is 4.57 Å². The van der Waals surface area contributed by atoms with E-state index in [1.54, 1.807) is 0 Å². The Morgan fingerprint density at radius 2 is 1.80 bits per heavy atom. The average Bonchev–Trinajstić information content (AvgIpc) is 3.65. The van der Waals surface area contributed by atoms with Crippen molar-refractivity contribution in [2.24, 2.45) is 5.92 Å². The Hall–Kier alpha value is -5.09. The SMILES string of the molecule is CC1C=Cc2c(n(-c3ccc(C#N)cc3-c3ccc4sc5c6c(ccc5c4c3)-c3ccc#cc3C6(C)C)c3ccccc23)C1. The first-order valence-corrected chi connectivity index (χ1v) is 16.0. The molecule has 2 heterocycles. The van der Waals surface area contributed by atoms with E-state index in [1.165, 1.54) is 64.6 Å². The molecule has 5 aromatic carbocycles. The minimum atomic E-state index is -0.139. The third-order valence-electron chi connectivity index (χ3n) is 9.78. The molecule has 1 atom stereocenters. The summed E-state index contributed by atoms with van der Waals surface area (Å²) >= 11 is 1.88. The number of aromatic nitrogens is 1. The van der Waals surface area contributed by atoms with E-state index in [1.807, 2.05) is 23.5 Å². The summed E-state index contributed by atoms with van der Waals surface area (Å²) in [5.74, 6) is 0.466. The maximum absolute atomic E-state index is 9.95. The standard InChI is InChI=1S/C41H28N2S/c1-24-12-15-29-28-9-5-7-11-35(28)43(37(29)20-24)36-18-13-25(23-42)21-32(36)26-14-19-38-33(22-26)31-17-16-30-27-8-4-6-10-34(27)41(2,3)39(30)40(31)44-38/h4-5,7-9,11-19,21-22,24H,20H2,1-3H3. The second-order valence-electron chi connectivity index (χ2n) is 12.8. The minimum absolute atomic E-state index is 0.139. The van der Waals surface area contributed by atoms with E-state index in [0.717, 1.165) is 23.2 Å². The Bertz CT molecular complexity index is 2420. The van der Waals surface area contributed by atoms with Crippen LogP contribution in [0.3, 0.4) is 0 Å². The van der Waals surface area contributed by atoms with Crippen LogP contribution in [0.15, 0.2) is 91.0 Å².